The average Bonchev–Trinajstić information content (AvgIpc) is 3.23. The minimum Gasteiger partial charge on any atom is -0.465 e. The van der Waals surface area contributed by atoms with E-state index in [-0.39, 0.29) is 25.2 Å². The van der Waals surface area contributed by atoms with Gasteiger partial charge in [-0.25, -0.2) is 4.79 Å². The van der Waals surface area contributed by atoms with E-state index < -0.39 is 24.0 Å². The molecule has 0 saturated carbocycles. The highest BCUT2D eigenvalue weighted by atomic mass is 16.6. The molecule has 2 N–H and O–H groups in total. The van der Waals surface area contributed by atoms with Crippen LogP contribution in [0.4, 0.5) is 0 Å². The van der Waals surface area contributed by atoms with Crippen molar-refractivity contribution in [2.75, 3.05) is 13.2 Å². The van der Waals surface area contributed by atoms with Crippen LogP contribution in [0.5, 0.6) is 0 Å². The molecule has 0 heterocycles. The molecule has 7 heteroatoms. The molecule has 0 aliphatic heterocycles. The zero-order valence-electron chi connectivity index (χ0n) is 19.2. The highest BCUT2D eigenvalue weighted by Gasteiger charge is 2.37. The lowest BCUT2D eigenvalue weighted by Crippen LogP contribution is -2.51. The van der Waals surface area contributed by atoms with Crippen molar-refractivity contribution in [3.8, 4) is 0 Å². The number of carbonyl (C=O) groups is 3. The van der Waals surface area contributed by atoms with Crippen LogP contribution in [-0.2, 0) is 43.1 Å². The lowest BCUT2D eigenvalue weighted by Gasteiger charge is -2.34. The Balaban J connectivity index is 1.84. The van der Waals surface area contributed by atoms with Crippen LogP contribution in [-0.4, -0.2) is 54.1 Å². The standard InChI is InChI=1S/C26H32N2O5/c1-3-32-26(31)23(14-13-19-9-5-4-6-10-19)28(17-24(29)33-25(30)18(2)27)22-15-20-11-7-8-12-21(20)16-22/h4-12,18,22-23H,3,13-17,27H2,1-2H3/t18?,23-/m0/s1. The van der Waals surface area contributed by atoms with E-state index in [1.807, 2.05) is 47.4 Å². The van der Waals surface area contributed by atoms with E-state index in [4.69, 9.17) is 15.2 Å². The van der Waals surface area contributed by atoms with Gasteiger partial charge in [0.25, 0.3) is 0 Å². The van der Waals surface area contributed by atoms with Crippen molar-refractivity contribution in [2.45, 2.75) is 57.7 Å². The summed E-state index contributed by atoms with van der Waals surface area (Å²) in [5, 5.41) is 0. The van der Waals surface area contributed by atoms with Gasteiger partial charge in [-0.05, 0) is 56.2 Å². The van der Waals surface area contributed by atoms with E-state index in [1.54, 1.807) is 6.92 Å². The normalized spacial score (nSPS) is 15.0. The van der Waals surface area contributed by atoms with Gasteiger partial charge in [0.15, 0.2) is 0 Å². The minimum absolute atomic E-state index is 0.0921. The Morgan fingerprint density at radius 2 is 1.61 bits per heavy atom. The maximum Gasteiger partial charge on any atom is 0.330 e. The Morgan fingerprint density at radius 3 is 2.18 bits per heavy atom. The first kappa shape index (κ1) is 24.6. The lowest BCUT2D eigenvalue weighted by molar-refractivity contribution is -0.163. The van der Waals surface area contributed by atoms with Gasteiger partial charge in [-0.3, -0.25) is 14.5 Å². The summed E-state index contributed by atoms with van der Waals surface area (Å²) < 4.78 is 10.3. The number of hydrogen-bond donors (Lipinski definition) is 1. The molecule has 0 saturated heterocycles. The Morgan fingerprint density at radius 1 is 1.00 bits per heavy atom. The molecule has 7 nitrogen and oxygen atoms in total. The van der Waals surface area contributed by atoms with Gasteiger partial charge < -0.3 is 15.2 Å². The number of ether oxygens (including phenoxy) is 2. The molecule has 33 heavy (non-hydrogen) atoms. The highest BCUT2D eigenvalue weighted by molar-refractivity contribution is 5.89. The van der Waals surface area contributed by atoms with E-state index in [2.05, 4.69) is 12.1 Å². The summed E-state index contributed by atoms with van der Waals surface area (Å²) in [4.78, 5) is 39.4. The molecule has 1 aliphatic carbocycles. The predicted octanol–water partition coefficient (Wildman–Crippen LogP) is 2.44. The van der Waals surface area contributed by atoms with Gasteiger partial charge in [0.1, 0.15) is 12.1 Å². The summed E-state index contributed by atoms with van der Waals surface area (Å²) >= 11 is 0. The van der Waals surface area contributed by atoms with E-state index in [0.29, 0.717) is 25.7 Å². The lowest BCUT2D eigenvalue weighted by atomic mass is 10.0. The van der Waals surface area contributed by atoms with Gasteiger partial charge in [0.2, 0.25) is 0 Å². The monoisotopic (exact) mass is 452 g/mol. The fraction of sp³-hybridized carbons (Fsp3) is 0.423. The van der Waals surface area contributed by atoms with Gasteiger partial charge in [0.05, 0.1) is 13.2 Å². The predicted molar refractivity (Wildman–Crippen MR) is 124 cm³/mol. The van der Waals surface area contributed by atoms with Crippen LogP contribution in [0, 0.1) is 0 Å². The fourth-order valence-corrected chi connectivity index (χ4v) is 4.26. The maximum atomic E-state index is 13.0. The number of benzene rings is 2. The molecule has 1 aliphatic rings. The third-order valence-corrected chi connectivity index (χ3v) is 5.90. The summed E-state index contributed by atoms with van der Waals surface area (Å²) in [6.45, 7) is 3.27. The zero-order valence-corrected chi connectivity index (χ0v) is 19.2. The van der Waals surface area contributed by atoms with E-state index in [0.717, 1.165) is 5.56 Å². The summed E-state index contributed by atoms with van der Waals surface area (Å²) in [5.41, 5.74) is 9.02. The van der Waals surface area contributed by atoms with Crippen molar-refractivity contribution in [3.63, 3.8) is 0 Å². The van der Waals surface area contributed by atoms with Crippen LogP contribution in [0.15, 0.2) is 54.6 Å². The minimum atomic E-state index is -0.905. The van der Waals surface area contributed by atoms with Crippen molar-refractivity contribution in [1.29, 1.82) is 0 Å². The SMILES string of the molecule is CCOC(=O)[C@H](CCc1ccccc1)N(CC(=O)OC(=O)C(C)N)C1Cc2ccccc2C1. The largest absolute Gasteiger partial charge is 0.465 e. The number of carbonyl (C=O) groups excluding carboxylic acids is 3. The number of nitrogens with zero attached hydrogens (tertiary/aromatic N) is 1. The smallest absolute Gasteiger partial charge is 0.330 e. The maximum absolute atomic E-state index is 13.0. The Kier molecular flexibility index (Phi) is 8.74. The molecule has 0 bridgehead atoms. The van der Waals surface area contributed by atoms with Crippen molar-refractivity contribution in [1.82, 2.24) is 4.90 Å². The number of nitrogens with two attached hydrogens (primary N) is 1. The number of fused-ring (bicyclic) bond motifs is 1. The first-order valence-electron chi connectivity index (χ1n) is 11.4. The average molecular weight is 453 g/mol. The summed E-state index contributed by atoms with van der Waals surface area (Å²) in [6.07, 6.45) is 2.52. The van der Waals surface area contributed by atoms with E-state index in [1.165, 1.54) is 18.1 Å². The van der Waals surface area contributed by atoms with Crippen molar-refractivity contribution < 1.29 is 23.9 Å². The van der Waals surface area contributed by atoms with Crippen LogP contribution in [0.25, 0.3) is 0 Å². The number of aryl methyl sites for hydroxylation is 1. The van der Waals surface area contributed by atoms with E-state index >= 15 is 0 Å². The van der Waals surface area contributed by atoms with Gasteiger partial charge in [-0.15, -0.1) is 0 Å². The zero-order chi connectivity index (χ0) is 23.8. The summed E-state index contributed by atoms with van der Waals surface area (Å²) in [5.74, 6) is -1.88. The van der Waals surface area contributed by atoms with E-state index in [9.17, 15) is 14.4 Å². The molecule has 0 fully saturated rings. The molecule has 0 amide bonds. The molecule has 3 rings (SSSR count). The molecule has 2 aromatic carbocycles. The molecule has 2 atom stereocenters. The van der Waals surface area contributed by atoms with Crippen LogP contribution in [0.2, 0.25) is 0 Å². The molecular weight excluding hydrogens is 420 g/mol. The van der Waals surface area contributed by atoms with Crippen molar-refractivity contribution >= 4 is 17.9 Å². The molecule has 176 valence electrons. The van der Waals surface area contributed by atoms with Gasteiger partial charge in [-0.1, -0.05) is 54.6 Å². The second-order valence-corrected chi connectivity index (χ2v) is 8.38. The number of esters is 3. The molecule has 0 aromatic heterocycles. The topological polar surface area (TPSA) is 98.9 Å². The molecule has 0 radical (unpaired) electrons. The first-order valence-corrected chi connectivity index (χ1v) is 11.4. The molecular formula is C26H32N2O5. The fourth-order valence-electron chi connectivity index (χ4n) is 4.26. The van der Waals surface area contributed by atoms with Gasteiger partial charge >= 0.3 is 17.9 Å². The van der Waals surface area contributed by atoms with Crippen molar-refractivity contribution in [2.24, 2.45) is 5.73 Å². The number of hydrogen-bond acceptors (Lipinski definition) is 7. The van der Waals surface area contributed by atoms with Crippen molar-refractivity contribution in [3.05, 3.63) is 71.3 Å². The Bertz CT molecular complexity index is 935. The summed E-state index contributed by atoms with van der Waals surface area (Å²) in [6, 6.07) is 16.3. The second-order valence-electron chi connectivity index (χ2n) is 8.38. The molecule has 1 unspecified atom stereocenters. The molecule has 2 aromatic rings. The van der Waals surface area contributed by atoms with Crippen LogP contribution < -0.4 is 5.73 Å². The Hall–Kier alpha value is -3.03. The van der Waals surface area contributed by atoms with Crippen LogP contribution in [0.1, 0.15) is 37.0 Å². The van der Waals surface area contributed by atoms with Crippen LogP contribution in [0.3, 0.4) is 0 Å². The van der Waals surface area contributed by atoms with Crippen LogP contribution >= 0.6 is 0 Å². The first-order chi connectivity index (χ1) is 15.9. The third kappa shape index (κ3) is 6.73. The number of rotatable bonds is 10. The summed E-state index contributed by atoms with van der Waals surface area (Å²) in [7, 11) is 0. The second kappa shape index (κ2) is 11.7. The third-order valence-electron chi connectivity index (χ3n) is 5.90. The highest BCUT2D eigenvalue weighted by Crippen LogP contribution is 2.28. The Labute approximate surface area is 194 Å². The van der Waals surface area contributed by atoms with Gasteiger partial charge in [-0.2, -0.15) is 0 Å². The quantitative estimate of drug-likeness (QED) is 0.437. The molecule has 0 spiro atoms. The van der Waals surface area contributed by atoms with Gasteiger partial charge in [0, 0.05) is 6.04 Å².